The number of ether oxygens (including phenoxy) is 2. The Labute approximate surface area is 180 Å². The Balaban J connectivity index is 1.86. The fraction of sp³-hybridized carbons (Fsp3) is 0.333. The molecule has 13 heteroatoms. The first-order chi connectivity index (χ1) is 14.3. The molecule has 1 amide bonds. The molecule has 0 unspecified atom stereocenters. The molecule has 2 rings (SSSR count). The van der Waals surface area contributed by atoms with Gasteiger partial charge in [-0.1, -0.05) is 0 Å². The molecule has 0 aliphatic rings. The number of halogens is 3. The topological polar surface area (TPSA) is 111 Å². The smallest absolute Gasteiger partial charge is 0.448 e. The summed E-state index contributed by atoms with van der Waals surface area (Å²) in [5.74, 6) is -1.85. The highest BCUT2D eigenvalue weighted by Crippen LogP contribution is 2.24. The number of hydrogen-bond acceptors (Lipinski definition) is 7. The molecule has 0 saturated carbocycles. The van der Waals surface area contributed by atoms with Gasteiger partial charge in [0.05, 0.1) is 6.26 Å². The number of carbonyl (C=O) groups excluding carboxylic acids is 2. The number of alkyl halides is 3. The number of hydrogen-bond donors (Lipinski definition) is 2. The molecule has 8 nitrogen and oxygen atoms in total. The minimum Gasteiger partial charge on any atom is -0.448 e. The van der Waals surface area contributed by atoms with Gasteiger partial charge in [-0.05, 0) is 49.7 Å². The molecule has 1 aromatic heterocycles. The highest BCUT2D eigenvalue weighted by molar-refractivity contribution is 7.88. The molecule has 0 radical (unpaired) electrons. The number of carbonyl (C=O) groups is 2. The van der Waals surface area contributed by atoms with Gasteiger partial charge in [0.15, 0.2) is 6.10 Å². The summed E-state index contributed by atoms with van der Waals surface area (Å²) in [6.45, 7) is 1.53. The Morgan fingerprint density at radius 3 is 2.35 bits per heavy atom. The van der Waals surface area contributed by atoms with E-state index < -0.39 is 40.1 Å². The molecule has 0 aliphatic carbocycles. The average molecular weight is 480 g/mol. The average Bonchev–Trinajstić information content (AvgIpc) is 3.10. The van der Waals surface area contributed by atoms with Gasteiger partial charge < -0.3 is 14.8 Å². The maximum atomic E-state index is 12.2. The SMILES string of the molecule is C[C@H](OC(=O)c1ccc(CCNS(C)(=O)=O)s1)C(=O)Nc1ccc(OC(F)(F)F)cc1. The van der Waals surface area contributed by atoms with Gasteiger partial charge in [-0.2, -0.15) is 0 Å². The summed E-state index contributed by atoms with van der Waals surface area (Å²) in [4.78, 5) is 25.4. The molecule has 1 heterocycles. The molecule has 170 valence electrons. The zero-order valence-corrected chi connectivity index (χ0v) is 18.0. The summed E-state index contributed by atoms with van der Waals surface area (Å²) in [7, 11) is -3.30. The molecular weight excluding hydrogens is 461 g/mol. The van der Waals surface area contributed by atoms with E-state index in [0.29, 0.717) is 6.42 Å². The van der Waals surface area contributed by atoms with E-state index in [-0.39, 0.29) is 17.1 Å². The normalized spacial score (nSPS) is 12.8. The predicted molar refractivity (Wildman–Crippen MR) is 108 cm³/mol. The van der Waals surface area contributed by atoms with Crippen molar-refractivity contribution in [3.63, 3.8) is 0 Å². The summed E-state index contributed by atoms with van der Waals surface area (Å²) < 4.78 is 69.8. The van der Waals surface area contributed by atoms with Gasteiger partial charge >= 0.3 is 12.3 Å². The Hall–Kier alpha value is -2.64. The van der Waals surface area contributed by atoms with Crippen LogP contribution in [0.2, 0.25) is 0 Å². The van der Waals surface area contributed by atoms with E-state index in [2.05, 4.69) is 14.8 Å². The lowest BCUT2D eigenvalue weighted by molar-refractivity contribution is -0.274. The van der Waals surface area contributed by atoms with Gasteiger partial charge in [0, 0.05) is 17.1 Å². The monoisotopic (exact) mass is 480 g/mol. The summed E-state index contributed by atoms with van der Waals surface area (Å²) in [6, 6.07) is 7.65. The fourth-order valence-corrected chi connectivity index (χ4v) is 3.60. The van der Waals surface area contributed by atoms with Crippen LogP contribution in [0.1, 0.15) is 21.5 Å². The number of nitrogens with one attached hydrogen (secondary N) is 2. The van der Waals surface area contributed by atoms with E-state index in [1.165, 1.54) is 25.1 Å². The molecule has 31 heavy (non-hydrogen) atoms. The lowest BCUT2D eigenvalue weighted by Gasteiger charge is -2.13. The van der Waals surface area contributed by atoms with Crippen LogP contribution in [0.5, 0.6) is 5.75 Å². The Kier molecular flexibility index (Phi) is 8.03. The van der Waals surface area contributed by atoms with Crippen molar-refractivity contribution < 1.29 is 40.7 Å². The molecule has 2 N–H and O–H groups in total. The van der Waals surface area contributed by atoms with E-state index >= 15 is 0 Å². The van der Waals surface area contributed by atoms with Gasteiger partial charge in [-0.25, -0.2) is 17.9 Å². The Bertz CT molecular complexity index is 1020. The number of amides is 1. The quantitative estimate of drug-likeness (QED) is 0.534. The largest absolute Gasteiger partial charge is 0.573 e. The minimum atomic E-state index is -4.82. The second-order valence-electron chi connectivity index (χ2n) is 6.29. The standard InChI is InChI=1S/C18H19F3N2O6S2/c1-11(16(24)23-12-3-5-13(6-4-12)29-18(19,20)21)28-17(25)15-8-7-14(30-15)9-10-22-31(2,26)27/h3-8,11,22H,9-10H2,1-2H3,(H,23,24)/t11-/m0/s1. The molecule has 0 saturated heterocycles. The number of sulfonamides is 1. The van der Waals surface area contributed by atoms with Gasteiger partial charge in [0.25, 0.3) is 5.91 Å². The molecule has 0 fully saturated rings. The Morgan fingerprint density at radius 2 is 1.77 bits per heavy atom. The van der Waals surface area contributed by atoms with Crippen molar-refractivity contribution in [1.29, 1.82) is 0 Å². The zero-order valence-electron chi connectivity index (χ0n) is 16.4. The van der Waals surface area contributed by atoms with Crippen LogP contribution in [0.3, 0.4) is 0 Å². The molecule has 0 spiro atoms. The molecule has 0 bridgehead atoms. The first-order valence-electron chi connectivity index (χ1n) is 8.73. The molecule has 0 aliphatic heterocycles. The summed E-state index contributed by atoms with van der Waals surface area (Å²) >= 11 is 1.11. The summed E-state index contributed by atoms with van der Waals surface area (Å²) in [6.07, 6.45) is -4.56. The van der Waals surface area contributed by atoms with Crippen LogP contribution in [0.4, 0.5) is 18.9 Å². The van der Waals surface area contributed by atoms with E-state index in [0.717, 1.165) is 34.6 Å². The van der Waals surface area contributed by atoms with Crippen LogP contribution < -0.4 is 14.8 Å². The lowest BCUT2D eigenvalue weighted by Crippen LogP contribution is -2.29. The van der Waals surface area contributed by atoms with Gasteiger partial charge in [-0.3, -0.25) is 4.79 Å². The van der Waals surface area contributed by atoms with Crippen molar-refractivity contribution in [2.45, 2.75) is 25.8 Å². The van der Waals surface area contributed by atoms with Gasteiger partial charge in [0.2, 0.25) is 10.0 Å². The predicted octanol–water partition coefficient (Wildman–Crippen LogP) is 2.92. The van der Waals surface area contributed by atoms with Gasteiger partial charge in [-0.15, -0.1) is 24.5 Å². The fourth-order valence-electron chi connectivity index (χ4n) is 2.24. The number of rotatable bonds is 9. The summed E-state index contributed by atoms with van der Waals surface area (Å²) in [5, 5.41) is 2.42. The van der Waals surface area contributed by atoms with Crippen molar-refractivity contribution in [2.75, 3.05) is 18.1 Å². The van der Waals surface area contributed by atoms with E-state index in [9.17, 15) is 31.2 Å². The number of thiophene rings is 1. The van der Waals surface area contributed by atoms with E-state index in [4.69, 9.17) is 4.74 Å². The highest BCUT2D eigenvalue weighted by atomic mass is 32.2. The Morgan fingerprint density at radius 1 is 1.13 bits per heavy atom. The lowest BCUT2D eigenvalue weighted by atomic mass is 10.3. The highest BCUT2D eigenvalue weighted by Gasteiger charge is 2.31. The second kappa shape index (κ2) is 10.1. The van der Waals surface area contributed by atoms with Crippen LogP contribution in [-0.2, 0) is 26.0 Å². The van der Waals surface area contributed by atoms with Crippen LogP contribution in [0.15, 0.2) is 36.4 Å². The number of anilines is 1. The van der Waals surface area contributed by atoms with Crippen molar-refractivity contribution >= 4 is 38.9 Å². The van der Waals surface area contributed by atoms with Crippen LogP contribution in [0, 0.1) is 0 Å². The van der Waals surface area contributed by atoms with Crippen molar-refractivity contribution in [1.82, 2.24) is 4.72 Å². The number of esters is 1. The third-order valence-electron chi connectivity index (χ3n) is 3.61. The minimum absolute atomic E-state index is 0.180. The van der Waals surface area contributed by atoms with Gasteiger partial charge in [0.1, 0.15) is 10.6 Å². The zero-order chi connectivity index (χ0) is 23.2. The third kappa shape index (κ3) is 8.94. The maximum absolute atomic E-state index is 12.2. The van der Waals surface area contributed by atoms with Crippen molar-refractivity contribution in [3.8, 4) is 5.75 Å². The van der Waals surface area contributed by atoms with Crippen molar-refractivity contribution in [2.24, 2.45) is 0 Å². The van der Waals surface area contributed by atoms with Crippen LogP contribution in [-0.4, -0.2) is 45.6 Å². The first-order valence-corrected chi connectivity index (χ1v) is 11.4. The van der Waals surface area contributed by atoms with Crippen molar-refractivity contribution in [3.05, 3.63) is 46.2 Å². The second-order valence-corrected chi connectivity index (χ2v) is 9.29. The van der Waals surface area contributed by atoms with Crippen LogP contribution >= 0.6 is 11.3 Å². The molecule has 2 aromatic rings. The first kappa shape index (κ1) is 24.6. The van der Waals surface area contributed by atoms with E-state index in [1.807, 2.05) is 0 Å². The number of benzene rings is 1. The van der Waals surface area contributed by atoms with Crippen LogP contribution in [0.25, 0.3) is 0 Å². The third-order valence-corrected chi connectivity index (χ3v) is 5.46. The molecular formula is C18H19F3N2O6S2. The summed E-state index contributed by atoms with van der Waals surface area (Å²) in [5.41, 5.74) is 0.194. The maximum Gasteiger partial charge on any atom is 0.573 e. The molecule has 1 aromatic carbocycles. The van der Waals surface area contributed by atoms with E-state index in [1.54, 1.807) is 6.07 Å². The molecule has 1 atom stereocenters.